The molecule has 1 atom stereocenters. The second kappa shape index (κ2) is 5.36. The third-order valence-corrected chi connectivity index (χ3v) is 3.40. The van der Waals surface area contributed by atoms with E-state index in [0.717, 1.165) is 13.1 Å². The molecule has 1 rings (SSSR count). The molecular weight excluding hydrogens is 216 g/mol. The summed E-state index contributed by atoms with van der Waals surface area (Å²) in [6.07, 6.45) is 0.528. The van der Waals surface area contributed by atoms with E-state index in [2.05, 4.69) is 32.6 Å². The number of rotatable bonds is 4. The Labute approximate surface area is 105 Å². The van der Waals surface area contributed by atoms with Gasteiger partial charge in [0.25, 0.3) is 0 Å². The lowest BCUT2D eigenvalue weighted by atomic mass is 9.93. The van der Waals surface area contributed by atoms with E-state index in [9.17, 15) is 4.79 Å². The largest absolute Gasteiger partial charge is 0.396 e. The predicted octanol–water partition coefficient (Wildman–Crippen LogP) is 0.946. The number of hydrogen-bond acceptors (Lipinski definition) is 3. The highest BCUT2D eigenvalue weighted by Crippen LogP contribution is 2.26. The summed E-state index contributed by atoms with van der Waals surface area (Å²) in [5.41, 5.74) is -0.123. The van der Waals surface area contributed by atoms with Gasteiger partial charge in [-0.15, -0.1) is 0 Å². The van der Waals surface area contributed by atoms with Gasteiger partial charge in [0.15, 0.2) is 0 Å². The van der Waals surface area contributed by atoms with Crippen LogP contribution in [0.5, 0.6) is 0 Å². The van der Waals surface area contributed by atoms with Crippen LogP contribution in [0.4, 0.5) is 0 Å². The van der Waals surface area contributed by atoms with Crippen LogP contribution in [0, 0.1) is 5.92 Å². The number of carbonyl (C=O) groups is 1. The number of nitrogens with zero attached hydrogens (tertiary/aromatic N) is 2. The molecule has 1 fully saturated rings. The first-order valence-corrected chi connectivity index (χ1v) is 6.42. The molecule has 4 nitrogen and oxygen atoms in total. The Balaban J connectivity index is 2.88. The minimum absolute atomic E-state index is 0.0662. The number of amides is 1. The maximum Gasteiger partial charge on any atom is 0.240 e. The lowest BCUT2D eigenvalue weighted by Gasteiger charge is -2.50. The monoisotopic (exact) mass is 242 g/mol. The molecular formula is C13H26N2O2. The minimum Gasteiger partial charge on any atom is -0.396 e. The van der Waals surface area contributed by atoms with E-state index in [0.29, 0.717) is 12.3 Å². The molecule has 1 saturated heterocycles. The zero-order chi connectivity index (χ0) is 13.2. The van der Waals surface area contributed by atoms with Crippen LogP contribution in [0.15, 0.2) is 0 Å². The van der Waals surface area contributed by atoms with Crippen molar-refractivity contribution >= 4 is 5.91 Å². The van der Waals surface area contributed by atoms with Crippen LogP contribution in [0.3, 0.4) is 0 Å². The van der Waals surface area contributed by atoms with E-state index in [-0.39, 0.29) is 24.1 Å². The summed E-state index contributed by atoms with van der Waals surface area (Å²) in [5.74, 6) is 0.628. The second-order valence-corrected chi connectivity index (χ2v) is 6.10. The zero-order valence-electron chi connectivity index (χ0n) is 11.7. The molecule has 4 heteroatoms. The molecule has 0 aromatic carbocycles. The Morgan fingerprint density at radius 1 is 1.47 bits per heavy atom. The van der Waals surface area contributed by atoms with Gasteiger partial charge in [0.1, 0.15) is 0 Å². The quantitative estimate of drug-likeness (QED) is 0.798. The molecule has 1 N–H and O–H groups in total. The predicted molar refractivity (Wildman–Crippen MR) is 68.8 cm³/mol. The van der Waals surface area contributed by atoms with Crippen molar-refractivity contribution in [3.63, 3.8) is 0 Å². The lowest BCUT2D eigenvalue weighted by molar-refractivity contribution is -0.152. The summed E-state index contributed by atoms with van der Waals surface area (Å²) in [4.78, 5) is 16.5. The normalized spacial score (nSPS) is 25.7. The number of piperazine rings is 1. The van der Waals surface area contributed by atoms with Crippen LogP contribution in [-0.4, -0.2) is 59.1 Å². The molecule has 1 heterocycles. The minimum atomic E-state index is -0.160. The Bertz CT molecular complexity index is 277. The fourth-order valence-corrected chi connectivity index (χ4v) is 2.64. The smallest absolute Gasteiger partial charge is 0.240 e. The molecule has 1 aliphatic rings. The van der Waals surface area contributed by atoms with Gasteiger partial charge in [-0.05, 0) is 33.2 Å². The van der Waals surface area contributed by atoms with Crippen LogP contribution in [0.25, 0.3) is 0 Å². The summed E-state index contributed by atoms with van der Waals surface area (Å²) >= 11 is 0. The zero-order valence-corrected chi connectivity index (χ0v) is 11.7. The van der Waals surface area contributed by atoms with Crippen LogP contribution < -0.4 is 0 Å². The van der Waals surface area contributed by atoms with Gasteiger partial charge in [-0.2, -0.15) is 0 Å². The number of aliphatic hydroxyl groups excluding tert-OH is 1. The summed E-state index contributed by atoms with van der Waals surface area (Å²) in [7, 11) is 1.96. The molecule has 0 aliphatic carbocycles. The van der Waals surface area contributed by atoms with E-state index < -0.39 is 0 Å². The molecule has 1 aliphatic heterocycles. The van der Waals surface area contributed by atoms with Crippen LogP contribution in [-0.2, 0) is 4.79 Å². The van der Waals surface area contributed by atoms with Crippen molar-refractivity contribution in [3.8, 4) is 0 Å². The van der Waals surface area contributed by atoms with Crippen LogP contribution in [0.1, 0.15) is 34.1 Å². The first kappa shape index (κ1) is 14.5. The van der Waals surface area contributed by atoms with Crippen molar-refractivity contribution in [2.75, 3.05) is 26.7 Å². The molecule has 0 radical (unpaired) electrons. The van der Waals surface area contributed by atoms with E-state index in [1.165, 1.54) is 0 Å². The topological polar surface area (TPSA) is 43.8 Å². The molecule has 17 heavy (non-hydrogen) atoms. The van der Waals surface area contributed by atoms with Gasteiger partial charge in [-0.1, -0.05) is 13.8 Å². The van der Waals surface area contributed by atoms with Crippen LogP contribution in [0.2, 0.25) is 0 Å². The van der Waals surface area contributed by atoms with Crippen LogP contribution >= 0.6 is 0 Å². The van der Waals surface area contributed by atoms with E-state index in [4.69, 9.17) is 5.11 Å². The van der Waals surface area contributed by atoms with Gasteiger partial charge in [-0.25, -0.2) is 0 Å². The average molecular weight is 242 g/mol. The van der Waals surface area contributed by atoms with Crippen molar-refractivity contribution in [2.24, 2.45) is 5.92 Å². The number of aliphatic hydroxyl groups is 1. The van der Waals surface area contributed by atoms with Crippen molar-refractivity contribution in [3.05, 3.63) is 0 Å². The SMILES string of the molecule is CC(C)CN1C(=O)C(CCO)N(C)CC1(C)C. The van der Waals surface area contributed by atoms with Crippen molar-refractivity contribution in [2.45, 2.75) is 45.7 Å². The molecule has 0 aromatic heterocycles. The Morgan fingerprint density at radius 3 is 2.53 bits per heavy atom. The average Bonchev–Trinajstić information content (AvgIpc) is 2.18. The highest BCUT2D eigenvalue weighted by atomic mass is 16.3. The van der Waals surface area contributed by atoms with Gasteiger partial charge in [0, 0.05) is 25.2 Å². The van der Waals surface area contributed by atoms with Crippen molar-refractivity contribution < 1.29 is 9.90 Å². The summed E-state index contributed by atoms with van der Waals surface area (Å²) in [6.45, 7) is 10.2. The highest BCUT2D eigenvalue weighted by Gasteiger charge is 2.42. The number of hydrogen-bond donors (Lipinski definition) is 1. The maximum absolute atomic E-state index is 12.5. The summed E-state index contributed by atoms with van der Waals surface area (Å²) < 4.78 is 0. The fourth-order valence-electron chi connectivity index (χ4n) is 2.64. The van der Waals surface area contributed by atoms with E-state index in [1.54, 1.807) is 0 Å². The Hall–Kier alpha value is -0.610. The molecule has 1 amide bonds. The van der Waals surface area contributed by atoms with Crippen molar-refractivity contribution in [1.82, 2.24) is 9.80 Å². The van der Waals surface area contributed by atoms with E-state index >= 15 is 0 Å². The first-order valence-electron chi connectivity index (χ1n) is 6.42. The third kappa shape index (κ3) is 3.19. The molecule has 0 saturated carbocycles. The Morgan fingerprint density at radius 2 is 2.06 bits per heavy atom. The maximum atomic E-state index is 12.5. The standard InChI is InChI=1S/C13H26N2O2/c1-10(2)8-15-12(17)11(6-7-16)14(5)9-13(15,3)4/h10-11,16H,6-9H2,1-5H3. The molecule has 1 unspecified atom stereocenters. The van der Waals surface area contributed by atoms with Crippen molar-refractivity contribution in [1.29, 1.82) is 0 Å². The molecule has 100 valence electrons. The van der Waals surface area contributed by atoms with Gasteiger partial charge in [-0.3, -0.25) is 9.69 Å². The first-order chi connectivity index (χ1) is 7.79. The van der Waals surface area contributed by atoms with E-state index in [1.807, 2.05) is 11.9 Å². The second-order valence-electron chi connectivity index (χ2n) is 6.10. The lowest BCUT2D eigenvalue weighted by Crippen LogP contribution is -2.66. The van der Waals surface area contributed by atoms with Gasteiger partial charge < -0.3 is 10.0 Å². The Kier molecular flexibility index (Phi) is 4.55. The van der Waals surface area contributed by atoms with Gasteiger partial charge in [0.2, 0.25) is 5.91 Å². The third-order valence-electron chi connectivity index (χ3n) is 3.40. The van der Waals surface area contributed by atoms with Gasteiger partial charge in [0.05, 0.1) is 6.04 Å². The molecule has 0 spiro atoms. The summed E-state index contributed by atoms with van der Waals surface area (Å²) in [6, 6.07) is -0.160. The fraction of sp³-hybridized carbons (Fsp3) is 0.923. The molecule has 0 bridgehead atoms. The number of carbonyl (C=O) groups excluding carboxylic acids is 1. The van der Waals surface area contributed by atoms with Gasteiger partial charge >= 0.3 is 0 Å². The number of likely N-dealkylation sites (N-methyl/N-ethyl adjacent to an activating group) is 1. The highest BCUT2D eigenvalue weighted by molar-refractivity contribution is 5.83. The summed E-state index contributed by atoms with van der Waals surface area (Å²) in [5, 5.41) is 9.05. The molecule has 0 aromatic rings.